The molecule has 1 saturated heterocycles. The van der Waals surface area contributed by atoms with E-state index in [2.05, 4.69) is 4.74 Å². The van der Waals surface area contributed by atoms with Gasteiger partial charge in [-0.25, -0.2) is 24.0 Å². The zero-order valence-electron chi connectivity index (χ0n) is 38.8. The molecule has 372 valence electrons. The van der Waals surface area contributed by atoms with Gasteiger partial charge in [-0.1, -0.05) is 18.2 Å². The molecule has 4 aliphatic carbocycles. The van der Waals surface area contributed by atoms with Crippen molar-refractivity contribution in [1.29, 1.82) is 0 Å². The summed E-state index contributed by atoms with van der Waals surface area (Å²) >= 11 is 6.17. The third-order valence-corrected chi connectivity index (χ3v) is 13.8. The van der Waals surface area contributed by atoms with Gasteiger partial charge in [-0.3, -0.25) is 0 Å². The van der Waals surface area contributed by atoms with E-state index in [-0.39, 0.29) is 54.6 Å². The molecular weight excluding hydrogens is 940 g/mol. The Morgan fingerprint density at radius 3 is 2.17 bits per heavy atom. The van der Waals surface area contributed by atoms with E-state index in [9.17, 15) is 49.2 Å². The number of hydrogen-bond donors (Lipinski definition) is 4. The number of nitrogens with zero attached hydrogens (tertiary/aromatic N) is 2. The van der Waals surface area contributed by atoms with Crippen LogP contribution in [0.5, 0.6) is 0 Å². The Balaban J connectivity index is 0.000000179. The standard InChI is InChI=1S/C27H24N2O8.C11H13ClO5.C11H14O5/c1-14-5-17(25-18(14)8-28(12-22(30)31)11-21(25)27(35)37-4)7-16-6-15(2)24-19(16)9-29(13-23(32)33)10-20(24)26(34)36-3;1-15-9(13)6-3-16-10-8-5(6)2-7(12)11(8,14)4-17-10;1-15-10(13)8-5-16-11(14)9-6(4-12)2-3-7(8)9/h5-11H,12-13H2,1-4H3,(H-,30,31,32,33);3,5,7-8,10,14H,2,4H2,1H3;2,5,7,9,11-12,14H,3-4H2,1H3/t;5-,7-,8-,10-,11+;7-,9-,11-/m.11/s1. The Hall–Kier alpha value is -6.84. The second kappa shape index (κ2) is 20.6. The number of methoxy groups -OCH3 is 4. The maximum absolute atomic E-state index is 12.7. The lowest BCUT2D eigenvalue weighted by Crippen LogP contribution is -2.44. The fraction of sp³-hybridized carbons (Fsp3) is 0.408. The van der Waals surface area contributed by atoms with Gasteiger partial charge >= 0.3 is 29.8 Å². The van der Waals surface area contributed by atoms with Gasteiger partial charge in [0.25, 0.3) is 0 Å². The van der Waals surface area contributed by atoms with E-state index < -0.39 is 65.9 Å². The predicted octanol–water partition coefficient (Wildman–Crippen LogP) is 1.91. The van der Waals surface area contributed by atoms with Crippen molar-refractivity contribution in [2.45, 2.75) is 63.3 Å². The van der Waals surface area contributed by atoms with Crippen LogP contribution in [0.15, 0.2) is 72.2 Å². The Labute approximate surface area is 405 Å². The number of carboxylic acids is 2. The molecule has 8 aliphatic rings. The van der Waals surface area contributed by atoms with E-state index in [1.165, 1.54) is 62.5 Å². The van der Waals surface area contributed by atoms with Crippen LogP contribution in [-0.4, -0.2) is 126 Å². The van der Waals surface area contributed by atoms with Gasteiger partial charge in [-0.05, 0) is 60.6 Å². The fourth-order valence-electron chi connectivity index (χ4n) is 10.1. The van der Waals surface area contributed by atoms with Gasteiger partial charge in [0.05, 0.1) is 106 Å². The highest BCUT2D eigenvalue weighted by molar-refractivity contribution is 6.21. The van der Waals surface area contributed by atoms with Crippen molar-refractivity contribution in [2.75, 3.05) is 41.7 Å². The van der Waals surface area contributed by atoms with Crippen LogP contribution in [0.25, 0.3) is 28.3 Å². The number of carbonyl (C=O) groups is 6. The van der Waals surface area contributed by atoms with Crippen LogP contribution in [0.2, 0.25) is 0 Å². The molecule has 0 radical (unpaired) electrons. The number of halogens is 1. The summed E-state index contributed by atoms with van der Waals surface area (Å²) in [6.07, 6.45) is 14.0. The van der Waals surface area contributed by atoms with Crippen LogP contribution < -0.4 is 9.67 Å². The van der Waals surface area contributed by atoms with E-state index in [1.54, 1.807) is 12.4 Å². The normalized spacial score (nSPS) is 25.9. The third-order valence-electron chi connectivity index (χ3n) is 13.2. The van der Waals surface area contributed by atoms with Crippen LogP contribution in [0.1, 0.15) is 62.7 Å². The van der Waals surface area contributed by atoms with Gasteiger partial charge in [0.1, 0.15) is 11.2 Å². The number of aliphatic hydroxyl groups is 3. The van der Waals surface area contributed by atoms with Crippen LogP contribution in [0.4, 0.5) is 0 Å². The monoisotopic (exact) mass is 990 g/mol. The quantitative estimate of drug-likeness (QED) is 0.0742. The summed E-state index contributed by atoms with van der Waals surface area (Å²) in [5, 5.41) is 49.3. The first-order chi connectivity index (χ1) is 33.3. The molecule has 5 heterocycles. The highest BCUT2D eigenvalue weighted by Gasteiger charge is 2.65. The summed E-state index contributed by atoms with van der Waals surface area (Å²) < 4.78 is 37.7. The van der Waals surface area contributed by atoms with Gasteiger partial charge < -0.3 is 68.1 Å². The zero-order chi connectivity index (χ0) is 50.9. The van der Waals surface area contributed by atoms with Crippen molar-refractivity contribution in [3.05, 3.63) is 106 Å². The molecule has 8 atom stereocenters. The molecule has 1 saturated carbocycles. The molecule has 21 heteroatoms. The average molecular weight is 991 g/mol. The Bertz CT molecular complexity index is 2770. The fourth-order valence-corrected chi connectivity index (χ4v) is 10.5. The molecular formula is C49H51ClN2O18. The number of fused-ring (bicyclic) bond motifs is 3. The molecule has 1 aromatic rings. The lowest BCUT2D eigenvalue weighted by atomic mass is 9.82. The van der Waals surface area contributed by atoms with Crippen molar-refractivity contribution in [3.63, 3.8) is 0 Å². The average Bonchev–Trinajstić information content (AvgIpc) is 4.14. The summed E-state index contributed by atoms with van der Waals surface area (Å²) in [5.74, 6) is -5.42. The Morgan fingerprint density at radius 2 is 1.54 bits per heavy atom. The lowest BCUT2D eigenvalue weighted by Gasteiger charge is -2.31. The second-order valence-electron chi connectivity index (χ2n) is 17.3. The van der Waals surface area contributed by atoms with Gasteiger partial charge in [0.2, 0.25) is 19.1 Å². The molecule has 4 N–H and O–H groups in total. The largest absolute Gasteiger partial charge is 0.548 e. The van der Waals surface area contributed by atoms with Crippen molar-refractivity contribution in [2.24, 2.45) is 23.7 Å². The van der Waals surface area contributed by atoms with E-state index in [0.29, 0.717) is 63.0 Å². The number of alkyl halides is 1. The van der Waals surface area contributed by atoms with Crippen molar-refractivity contribution in [1.82, 2.24) is 4.57 Å². The summed E-state index contributed by atoms with van der Waals surface area (Å²) in [4.78, 5) is 70.9. The SMILES string of the molecule is COC(=O)C1=CO[C@@H](O)[C@@H]2C(CO)=CC[C@H]12.COC(=O)C1=CO[C@@H]2OC[C@@]3(O)[C@@H]2[C@@H]1C[C@H]3Cl.COC(=O)c1c[n+](CC(=O)O)cc2c1C(C)=CC2=Cc1cc(C)c2cn(CC(=O)[O-])cc(C(=O)OC)c1-2. The number of carbonyl (C=O) groups excluding carboxylic acids is 5. The molecule has 1 aromatic heterocycles. The van der Waals surface area contributed by atoms with Gasteiger partial charge in [0, 0.05) is 40.9 Å². The number of aromatic nitrogens is 2. The molecule has 4 aliphatic heterocycles. The zero-order valence-corrected chi connectivity index (χ0v) is 39.6. The van der Waals surface area contributed by atoms with Crippen molar-refractivity contribution < 1.29 is 92.0 Å². The number of rotatable bonds is 10. The molecule has 20 nitrogen and oxygen atoms in total. The van der Waals surface area contributed by atoms with Gasteiger partial charge in [0.15, 0.2) is 12.4 Å². The highest BCUT2D eigenvalue weighted by Crippen LogP contribution is 2.54. The first-order valence-corrected chi connectivity index (χ1v) is 22.3. The highest BCUT2D eigenvalue weighted by atomic mass is 35.5. The number of aliphatic hydroxyl groups excluding tert-OH is 2. The number of aliphatic carboxylic acids is 2. The summed E-state index contributed by atoms with van der Waals surface area (Å²) in [6.45, 7) is 2.91. The number of aryl methyl sites for hydroxylation is 1. The number of esters is 4. The molecule has 0 spiro atoms. The summed E-state index contributed by atoms with van der Waals surface area (Å²) in [7, 11) is 5.12. The van der Waals surface area contributed by atoms with Gasteiger partial charge in [-0.2, -0.15) is 4.57 Å². The van der Waals surface area contributed by atoms with Crippen molar-refractivity contribution in [3.8, 4) is 11.1 Å². The van der Waals surface area contributed by atoms with E-state index >= 15 is 0 Å². The first-order valence-electron chi connectivity index (χ1n) is 21.8. The van der Waals surface area contributed by atoms with E-state index in [4.69, 9.17) is 45.1 Å². The minimum atomic E-state index is -1.30. The third kappa shape index (κ3) is 9.56. The van der Waals surface area contributed by atoms with Crippen LogP contribution >= 0.6 is 11.6 Å². The van der Waals surface area contributed by atoms with Gasteiger partial charge in [-0.15, -0.1) is 11.6 Å². The van der Waals surface area contributed by atoms with Crippen molar-refractivity contribution >= 4 is 64.6 Å². The molecule has 2 fully saturated rings. The minimum absolute atomic E-state index is 0.129. The molecule has 9 rings (SSSR count). The first kappa shape index (κ1) is 51.0. The van der Waals surface area contributed by atoms with E-state index in [1.807, 2.05) is 38.1 Å². The van der Waals surface area contributed by atoms with E-state index in [0.717, 1.165) is 11.1 Å². The molecule has 0 unspecified atom stereocenters. The number of hydrogen-bond acceptors (Lipinski definition) is 17. The summed E-state index contributed by atoms with van der Waals surface area (Å²) in [5.41, 5.74) is 6.36. The molecule has 0 aromatic carbocycles. The topological polar surface area (TPSA) is 280 Å². The number of ether oxygens (including phenoxy) is 7. The number of pyridine rings is 2. The Morgan fingerprint density at radius 1 is 0.900 bits per heavy atom. The maximum atomic E-state index is 12.7. The van der Waals surface area contributed by atoms with Crippen LogP contribution in [0, 0.1) is 30.6 Å². The number of carboxylic acid groups (broad SMARTS) is 2. The summed E-state index contributed by atoms with van der Waals surface area (Å²) in [6, 6.07) is 1.87. The van der Waals surface area contributed by atoms with Crippen LogP contribution in [0.3, 0.4) is 0 Å². The minimum Gasteiger partial charge on any atom is -0.548 e. The molecule has 0 bridgehead atoms. The maximum Gasteiger partial charge on any atom is 0.370 e. The lowest BCUT2D eigenvalue weighted by molar-refractivity contribution is -0.686. The molecule has 70 heavy (non-hydrogen) atoms. The smallest absolute Gasteiger partial charge is 0.370 e. The van der Waals surface area contributed by atoms with Crippen LogP contribution in [-0.2, 0) is 65.4 Å². The Kier molecular flexibility index (Phi) is 15.0. The predicted molar refractivity (Wildman–Crippen MR) is 240 cm³/mol. The second-order valence-corrected chi connectivity index (χ2v) is 17.9. The molecule has 0 amide bonds. The number of allylic oxidation sites excluding steroid dienone is 4.